The van der Waals surface area contributed by atoms with E-state index in [0.717, 1.165) is 29.1 Å². The zero-order valence-corrected chi connectivity index (χ0v) is 15.6. The number of aromatic nitrogens is 2. The van der Waals surface area contributed by atoms with Gasteiger partial charge in [0.2, 0.25) is 0 Å². The molecular formula is C15H12N4O6S2. The highest BCUT2D eigenvalue weighted by Gasteiger charge is 2.20. The fourth-order valence-electron chi connectivity index (χ4n) is 2.35. The number of nitro groups is 1. The van der Waals surface area contributed by atoms with E-state index < -0.39 is 31.9 Å². The van der Waals surface area contributed by atoms with E-state index in [4.69, 9.17) is 0 Å². The van der Waals surface area contributed by atoms with Gasteiger partial charge in [0.15, 0.2) is 9.84 Å². The van der Waals surface area contributed by atoms with Crippen LogP contribution in [0.4, 0.5) is 5.69 Å². The van der Waals surface area contributed by atoms with Gasteiger partial charge in [-0.25, -0.2) is 18.1 Å². The van der Waals surface area contributed by atoms with E-state index >= 15 is 0 Å². The lowest BCUT2D eigenvalue weighted by molar-refractivity contribution is -0.385. The van der Waals surface area contributed by atoms with Crippen LogP contribution in [0.5, 0.6) is 0 Å². The fraction of sp³-hybridized carbons (Fsp3) is 0.133. The molecule has 0 saturated carbocycles. The molecule has 2 heterocycles. The number of nitrogens with zero attached hydrogens (tertiary/aromatic N) is 3. The summed E-state index contributed by atoms with van der Waals surface area (Å²) in [5.74, 6) is -0.678. The van der Waals surface area contributed by atoms with Gasteiger partial charge in [0.25, 0.3) is 17.2 Å². The summed E-state index contributed by atoms with van der Waals surface area (Å²) >= 11 is 1.27. The van der Waals surface area contributed by atoms with Crippen molar-refractivity contribution in [1.82, 2.24) is 9.66 Å². The van der Waals surface area contributed by atoms with Crippen LogP contribution in [-0.4, -0.2) is 35.2 Å². The number of non-ortho nitro benzene ring substituents is 1. The number of fused-ring (bicyclic) bond motifs is 1. The summed E-state index contributed by atoms with van der Waals surface area (Å²) in [6.07, 6.45) is 0.872. The van der Waals surface area contributed by atoms with Gasteiger partial charge in [-0.15, -0.1) is 11.3 Å². The first-order valence-electron chi connectivity index (χ1n) is 7.35. The van der Waals surface area contributed by atoms with Crippen LogP contribution in [0.15, 0.2) is 39.3 Å². The number of carbonyl (C=O) groups excluding carboxylic acids is 1. The van der Waals surface area contributed by atoms with Crippen molar-refractivity contribution in [1.29, 1.82) is 0 Å². The van der Waals surface area contributed by atoms with Crippen LogP contribution in [0.3, 0.4) is 0 Å². The molecule has 0 unspecified atom stereocenters. The average Bonchev–Trinajstić information content (AvgIpc) is 3.05. The number of sulfone groups is 1. The maximum absolute atomic E-state index is 12.5. The molecule has 0 aliphatic heterocycles. The van der Waals surface area contributed by atoms with Crippen LogP contribution in [0.25, 0.3) is 10.2 Å². The molecule has 1 aromatic carbocycles. The normalized spacial score (nSPS) is 11.5. The van der Waals surface area contributed by atoms with Crippen molar-refractivity contribution in [2.45, 2.75) is 11.8 Å². The summed E-state index contributed by atoms with van der Waals surface area (Å²) in [6, 6.07) is 4.37. The molecule has 0 aliphatic rings. The number of nitro benzene ring substituents is 1. The van der Waals surface area contributed by atoms with Gasteiger partial charge in [-0.2, -0.15) is 0 Å². The van der Waals surface area contributed by atoms with Gasteiger partial charge in [-0.3, -0.25) is 25.1 Å². The van der Waals surface area contributed by atoms with E-state index in [1.807, 2.05) is 0 Å². The molecule has 1 amide bonds. The number of amides is 1. The van der Waals surface area contributed by atoms with E-state index in [-0.39, 0.29) is 16.3 Å². The highest BCUT2D eigenvalue weighted by atomic mass is 32.2. The van der Waals surface area contributed by atoms with Crippen molar-refractivity contribution < 1.29 is 18.1 Å². The minimum atomic E-state index is -3.79. The maximum atomic E-state index is 12.5. The zero-order chi connectivity index (χ0) is 19.9. The molecule has 27 heavy (non-hydrogen) atoms. The zero-order valence-electron chi connectivity index (χ0n) is 14.0. The Bertz CT molecular complexity index is 1260. The van der Waals surface area contributed by atoms with Crippen molar-refractivity contribution in [2.75, 3.05) is 11.7 Å². The summed E-state index contributed by atoms with van der Waals surface area (Å²) < 4.78 is 24.4. The van der Waals surface area contributed by atoms with Gasteiger partial charge >= 0.3 is 0 Å². The number of hydrogen-bond acceptors (Lipinski definition) is 8. The van der Waals surface area contributed by atoms with Gasteiger partial charge < -0.3 is 0 Å². The Hall–Kier alpha value is -3.12. The molecule has 0 bridgehead atoms. The maximum Gasteiger partial charge on any atom is 0.281 e. The molecule has 0 saturated heterocycles. The van der Waals surface area contributed by atoms with Crippen LogP contribution in [0, 0.1) is 17.0 Å². The van der Waals surface area contributed by atoms with Gasteiger partial charge in [0.05, 0.1) is 15.2 Å². The summed E-state index contributed by atoms with van der Waals surface area (Å²) in [4.78, 5) is 39.6. The SMILES string of the molecule is Cc1nc2sccc2c(=O)n1NC(=O)c1cc([N+](=O)[O-])cc(S(C)(=O)=O)c1. The largest absolute Gasteiger partial charge is 0.281 e. The summed E-state index contributed by atoms with van der Waals surface area (Å²) in [7, 11) is -3.79. The lowest BCUT2D eigenvalue weighted by atomic mass is 10.2. The molecule has 2 aromatic heterocycles. The molecule has 10 nitrogen and oxygen atoms in total. The number of thiophene rings is 1. The molecule has 3 aromatic rings. The fourth-order valence-corrected chi connectivity index (χ4v) is 3.82. The van der Waals surface area contributed by atoms with Gasteiger partial charge in [0.1, 0.15) is 10.7 Å². The number of aryl methyl sites for hydroxylation is 1. The first-order chi connectivity index (χ1) is 12.6. The molecule has 3 rings (SSSR count). The van der Waals surface area contributed by atoms with Crippen LogP contribution in [0.1, 0.15) is 16.2 Å². The molecule has 1 N–H and O–H groups in total. The predicted molar refractivity (Wildman–Crippen MR) is 98.5 cm³/mol. The quantitative estimate of drug-likeness (QED) is 0.509. The van der Waals surface area contributed by atoms with E-state index in [2.05, 4.69) is 10.4 Å². The highest BCUT2D eigenvalue weighted by molar-refractivity contribution is 7.90. The van der Waals surface area contributed by atoms with Crippen LogP contribution >= 0.6 is 11.3 Å². The molecule has 0 fully saturated rings. The first kappa shape index (κ1) is 18.7. The van der Waals surface area contributed by atoms with E-state index in [1.54, 1.807) is 11.4 Å². The third-order valence-corrected chi connectivity index (χ3v) is 5.57. The Morgan fingerprint density at radius 3 is 2.67 bits per heavy atom. The molecule has 0 atom stereocenters. The van der Waals surface area contributed by atoms with E-state index in [1.165, 1.54) is 18.3 Å². The molecular weight excluding hydrogens is 396 g/mol. The molecule has 0 radical (unpaired) electrons. The Morgan fingerprint density at radius 1 is 1.33 bits per heavy atom. The van der Waals surface area contributed by atoms with Crippen molar-refractivity contribution >= 4 is 43.0 Å². The van der Waals surface area contributed by atoms with Gasteiger partial charge in [0, 0.05) is 24.0 Å². The second kappa shape index (κ2) is 6.55. The van der Waals surface area contributed by atoms with Gasteiger partial charge in [-0.1, -0.05) is 0 Å². The number of carbonyl (C=O) groups is 1. The third kappa shape index (κ3) is 3.57. The summed E-state index contributed by atoms with van der Waals surface area (Å²) in [5, 5.41) is 13.0. The minimum Gasteiger partial charge on any atom is -0.267 e. The smallest absolute Gasteiger partial charge is 0.267 e. The number of rotatable bonds is 4. The predicted octanol–water partition coefficient (Wildman–Crippen LogP) is 1.46. The van der Waals surface area contributed by atoms with Gasteiger partial charge in [-0.05, 0) is 24.4 Å². The lowest BCUT2D eigenvalue weighted by Gasteiger charge is -2.11. The van der Waals surface area contributed by atoms with Crippen molar-refractivity contribution in [3.05, 3.63) is 61.5 Å². The second-order valence-electron chi connectivity index (χ2n) is 5.62. The number of hydrogen-bond donors (Lipinski definition) is 1. The van der Waals surface area contributed by atoms with E-state index in [9.17, 15) is 28.1 Å². The molecule has 140 valence electrons. The Labute approximate surface area is 156 Å². The third-order valence-electron chi connectivity index (χ3n) is 3.67. The van der Waals surface area contributed by atoms with E-state index in [0.29, 0.717) is 10.2 Å². The van der Waals surface area contributed by atoms with Crippen molar-refractivity contribution in [3.63, 3.8) is 0 Å². The van der Waals surface area contributed by atoms with Crippen LogP contribution in [0.2, 0.25) is 0 Å². The summed E-state index contributed by atoms with van der Waals surface area (Å²) in [6.45, 7) is 1.51. The highest BCUT2D eigenvalue weighted by Crippen LogP contribution is 2.21. The average molecular weight is 408 g/mol. The number of nitrogens with one attached hydrogen (secondary N) is 1. The molecule has 0 spiro atoms. The molecule has 0 aliphatic carbocycles. The number of benzene rings is 1. The first-order valence-corrected chi connectivity index (χ1v) is 10.1. The minimum absolute atomic E-state index is 0.206. The van der Waals surface area contributed by atoms with Crippen LogP contribution < -0.4 is 11.0 Å². The lowest BCUT2D eigenvalue weighted by Crippen LogP contribution is -2.35. The van der Waals surface area contributed by atoms with Crippen molar-refractivity contribution in [2.24, 2.45) is 0 Å². The van der Waals surface area contributed by atoms with Crippen molar-refractivity contribution in [3.8, 4) is 0 Å². The molecule has 12 heteroatoms. The topological polar surface area (TPSA) is 141 Å². The Balaban J connectivity index is 2.08. The second-order valence-corrected chi connectivity index (χ2v) is 8.54. The Kier molecular flexibility index (Phi) is 4.53. The monoisotopic (exact) mass is 408 g/mol. The Morgan fingerprint density at radius 2 is 2.04 bits per heavy atom. The summed E-state index contributed by atoms with van der Waals surface area (Å²) in [5.41, 5.74) is 0.965. The standard InChI is InChI=1S/C15H12N4O6S2/c1-8-16-14-12(3-4-26-14)15(21)18(8)17-13(20)9-5-10(19(22)23)7-11(6-9)27(2,24)25/h3-7H,1-2H3,(H,17,20). The van der Waals surface area contributed by atoms with Crippen LogP contribution in [-0.2, 0) is 9.84 Å².